The van der Waals surface area contributed by atoms with E-state index < -0.39 is 22.9 Å². The van der Waals surface area contributed by atoms with Crippen molar-refractivity contribution in [3.8, 4) is 10.8 Å². The molecular formula is C31H39N5O5S. The van der Waals surface area contributed by atoms with Crippen LogP contribution in [0.5, 0.6) is 5.75 Å². The topological polar surface area (TPSA) is 101 Å². The number of nitrogens with zero attached hydrogens (tertiary/aromatic N) is 5. The van der Waals surface area contributed by atoms with Crippen LogP contribution in [0.15, 0.2) is 52.3 Å². The second-order valence-electron chi connectivity index (χ2n) is 11.5. The number of amides is 1. The first-order valence-corrected chi connectivity index (χ1v) is 15.2. The summed E-state index contributed by atoms with van der Waals surface area (Å²) in [5.41, 5.74) is -0.946. The summed E-state index contributed by atoms with van der Waals surface area (Å²) < 4.78 is 16.5. The third kappa shape index (κ3) is 5.31. The summed E-state index contributed by atoms with van der Waals surface area (Å²) in [7, 11) is 1.60. The van der Waals surface area contributed by atoms with Crippen molar-refractivity contribution in [1.82, 2.24) is 23.8 Å². The number of para-hydroxylation sites is 1. The van der Waals surface area contributed by atoms with E-state index in [1.54, 1.807) is 41.3 Å². The zero-order valence-electron chi connectivity index (χ0n) is 25.1. The van der Waals surface area contributed by atoms with Gasteiger partial charge in [0, 0.05) is 36.6 Å². The Kier molecular flexibility index (Phi) is 8.43. The first-order valence-electron chi connectivity index (χ1n) is 14.4. The molecule has 4 aromatic rings. The quantitative estimate of drug-likeness (QED) is 0.280. The van der Waals surface area contributed by atoms with Crippen LogP contribution in [0.1, 0.15) is 64.2 Å². The highest BCUT2D eigenvalue weighted by Gasteiger charge is 2.39. The number of ether oxygens (including phenoxy) is 2. The first kappa shape index (κ1) is 29.8. The highest BCUT2D eigenvalue weighted by atomic mass is 32.1. The summed E-state index contributed by atoms with van der Waals surface area (Å²) in [5, 5.41) is 5.51. The molecule has 0 aliphatic carbocycles. The Morgan fingerprint density at radius 3 is 2.45 bits per heavy atom. The molecule has 0 bridgehead atoms. The van der Waals surface area contributed by atoms with Crippen LogP contribution in [0, 0.1) is 6.92 Å². The normalized spacial score (nSPS) is 15.0. The van der Waals surface area contributed by atoms with E-state index in [9.17, 15) is 14.4 Å². The molecule has 3 aromatic heterocycles. The zero-order chi connectivity index (χ0) is 30.2. The molecule has 224 valence electrons. The number of carbonyl (C=O) groups excluding carboxylic acids is 1. The number of rotatable bonds is 9. The van der Waals surface area contributed by atoms with Gasteiger partial charge in [0.1, 0.15) is 27.2 Å². The third-order valence-electron chi connectivity index (χ3n) is 7.90. The van der Waals surface area contributed by atoms with Gasteiger partial charge in [-0.2, -0.15) is 5.10 Å². The van der Waals surface area contributed by atoms with Gasteiger partial charge in [-0.1, -0.05) is 29.5 Å². The lowest BCUT2D eigenvalue weighted by Crippen LogP contribution is -2.57. The van der Waals surface area contributed by atoms with Crippen molar-refractivity contribution in [2.24, 2.45) is 0 Å². The maximum atomic E-state index is 14.5. The number of benzene rings is 1. The monoisotopic (exact) mass is 593 g/mol. The van der Waals surface area contributed by atoms with E-state index in [2.05, 4.69) is 5.10 Å². The molecule has 1 unspecified atom stereocenters. The van der Waals surface area contributed by atoms with Gasteiger partial charge in [-0.25, -0.2) is 14.0 Å². The molecule has 1 atom stereocenters. The molecule has 0 saturated carbocycles. The van der Waals surface area contributed by atoms with Gasteiger partial charge in [0.15, 0.2) is 0 Å². The molecule has 0 radical (unpaired) electrons. The number of methoxy groups -OCH3 is 1. The van der Waals surface area contributed by atoms with Gasteiger partial charge in [-0.05, 0) is 66.0 Å². The van der Waals surface area contributed by atoms with Crippen LogP contribution in [0.3, 0.4) is 0 Å². The Hall–Kier alpha value is -3.70. The molecule has 1 amide bonds. The van der Waals surface area contributed by atoms with E-state index in [1.165, 1.54) is 11.3 Å². The van der Waals surface area contributed by atoms with Crippen LogP contribution in [0.25, 0.3) is 15.2 Å². The Bertz CT molecular complexity index is 1690. The minimum absolute atomic E-state index is 0.112. The number of hydrogen-bond acceptors (Lipinski definition) is 7. The van der Waals surface area contributed by atoms with Crippen LogP contribution in [0.2, 0.25) is 0 Å². The Labute approximate surface area is 249 Å². The van der Waals surface area contributed by atoms with Gasteiger partial charge in [0.2, 0.25) is 5.91 Å². The predicted molar refractivity (Wildman–Crippen MR) is 164 cm³/mol. The maximum Gasteiger partial charge on any atom is 0.333 e. The fourth-order valence-electron chi connectivity index (χ4n) is 5.82. The SMILES string of the molecule is COc1ccccc1C(Cn1c(=O)n(C(C)(C)C(=O)N2CCCCC2)c(=O)c2c(C)c(-n3cccn3)sc21)OC(C)C. The molecule has 1 aliphatic rings. The molecule has 11 heteroatoms. The summed E-state index contributed by atoms with van der Waals surface area (Å²) in [4.78, 5) is 45.0. The largest absolute Gasteiger partial charge is 0.496 e. The van der Waals surface area contributed by atoms with Gasteiger partial charge in [0.05, 0.1) is 25.1 Å². The summed E-state index contributed by atoms with van der Waals surface area (Å²) in [6.45, 7) is 10.4. The summed E-state index contributed by atoms with van der Waals surface area (Å²) in [6, 6.07) is 9.37. The van der Waals surface area contributed by atoms with Gasteiger partial charge < -0.3 is 14.4 Å². The van der Waals surface area contributed by atoms with Gasteiger partial charge in [0.25, 0.3) is 5.56 Å². The van der Waals surface area contributed by atoms with Gasteiger partial charge >= 0.3 is 5.69 Å². The molecule has 1 aliphatic heterocycles. The number of thiophene rings is 1. The fraction of sp³-hybridized carbons (Fsp3) is 0.484. The first-order chi connectivity index (χ1) is 20.1. The number of piperidine rings is 1. The minimum Gasteiger partial charge on any atom is -0.496 e. The number of aryl methyl sites for hydroxylation is 1. The number of hydrogen-bond donors (Lipinski definition) is 0. The molecule has 1 aromatic carbocycles. The summed E-state index contributed by atoms with van der Waals surface area (Å²) in [5.74, 6) is 0.410. The van der Waals surface area contributed by atoms with Crippen LogP contribution >= 0.6 is 11.3 Å². The minimum atomic E-state index is -1.40. The van der Waals surface area contributed by atoms with Crippen molar-refractivity contribution in [3.05, 3.63) is 74.7 Å². The van der Waals surface area contributed by atoms with E-state index >= 15 is 0 Å². The van der Waals surface area contributed by atoms with E-state index in [1.807, 2.05) is 57.3 Å². The average molecular weight is 594 g/mol. The van der Waals surface area contributed by atoms with Crippen molar-refractivity contribution >= 4 is 27.5 Å². The predicted octanol–water partition coefficient (Wildman–Crippen LogP) is 4.64. The van der Waals surface area contributed by atoms with Crippen molar-refractivity contribution in [3.63, 3.8) is 0 Å². The molecule has 1 fully saturated rings. The fourth-order valence-corrected chi connectivity index (χ4v) is 7.06. The lowest BCUT2D eigenvalue weighted by atomic mass is 10.00. The molecule has 10 nitrogen and oxygen atoms in total. The standard InChI is InChI=1S/C31H39N5O5S/c1-20(2)41-24(22-13-8-9-14-23(22)40-6)19-34-28-25(21(3)27(42-28)35-18-12-15-32-35)26(37)36(30(34)39)31(4,5)29(38)33-16-10-7-11-17-33/h8-9,12-15,18,20,24H,7,10-11,16-17,19H2,1-6H3. The van der Waals surface area contributed by atoms with Gasteiger partial charge in [-0.3, -0.25) is 14.2 Å². The van der Waals surface area contributed by atoms with Crippen LogP contribution in [-0.4, -0.2) is 56.0 Å². The highest BCUT2D eigenvalue weighted by molar-refractivity contribution is 7.21. The molecule has 1 saturated heterocycles. The van der Waals surface area contributed by atoms with Crippen molar-refractivity contribution < 1.29 is 14.3 Å². The number of aromatic nitrogens is 4. The van der Waals surface area contributed by atoms with Crippen molar-refractivity contribution in [2.45, 2.75) is 78.2 Å². The second kappa shape index (κ2) is 11.9. The lowest BCUT2D eigenvalue weighted by molar-refractivity contribution is -0.140. The molecule has 0 N–H and O–H groups in total. The molecule has 0 spiro atoms. The second-order valence-corrected chi connectivity index (χ2v) is 12.5. The molecule has 42 heavy (non-hydrogen) atoms. The van der Waals surface area contributed by atoms with Crippen LogP contribution < -0.4 is 16.0 Å². The Morgan fingerprint density at radius 2 is 1.81 bits per heavy atom. The molecular weight excluding hydrogens is 554 g/mol. The highest BCUT2D eigenvalue weighted by Crippen LogP contribution is 2.34. The molecule has 4 heterocycles. The van der Waals surface area contributed by atoms with Crippen molar-refractivity contribution in [1.29, 1.82) is 0 Å². The van der Waals surface area contributed by atoms with E-state index in [0.29, 0.717) is 34.6 Å². The Morgan fingerprint density at radius 1 is 1.10 bits per heavy atom. The van der Waals surface area contributed by atoms with Crippen LogP contribution in [0.4, 0.5) is 0 Å². The molecule has 5 rings (SSSR count). The summed E-state index contributed by atoms with van der Waals surface area (Å²) in [6.07, 6.45) is 5.64. The third-order valence-corrected chi connectivity index (χ3v) is 9.20. The van der Waals surface area contributed by atoms with E-state index in [-0.39, 0.29) is 18.6 Å². The Balaban J connectivity index is 1.76. The van der Waals surface area contributed by atoms with E-state index in [0.717, 1.165) is 34.4 Å². The lowest BCUT2D eigenvalue weighted by Gasteiger charge is -2.35. The summed E-state index contributed by atoms with van der Waals surface area (Å²) >= 11 is 1.33. The number of fused-ring (bicyclic) bond motifs is 1. The number of likely N-dealkylation sites (tertiary alicyclic amines) is 1. The van der Waals surface area contributed by atoms with Crippen LogP contribution in [-0.2, 0) is 21.6 Å². The zero-order valence-corrected chi connectivity index (χ0v) is 25.9. The number of carbonyl (C=O) groups is 1. The average Bonchev–Trinajstić information content (AvgIpc) is 3.62. The smallest absolute Gasteiger partial charge is 0.333 e. The van der Waals surface area contributed by atoms with Gasteiger partial charge in [-0.15, -0.1) is 0 Å². The van der Waals surface area contributed by atoms with Crippen molar-refractivity contribution in [2.75, 3.05) is 20.2 Å². The maximum absolute atomic E-state index is 14.5. The van der Waals surface area contributed by atoms with E-state index in [4.69, 9.17) is 9.47 Å².